The van der Waals surface area contributed by atoms with Crippen LogP contribution in [0.1, 0.15) is 52.2 Å². The van der Waals surface area contributed by atoms with Crippen molar-refractivity contribution in [1.29, 1.82) is 5.26 Å². The van der Waals surface area contributed by atoms with Gasteiger partial charge in [0.05, 0.1) is 10.9 Å². The highest BCUT2D eigenvalue weighted by Crippen LogP contribution is 2.31. The third-order valence-corrected chi connectivity index (χ3v) is 5.35. The molecule has 100 valence electrons. The molecule has 2 heterocycles. The van der Waals surface area contributed by atoms with E-state index >= 15 is 0 Å². The lowest BCUT2D eigenvalue weighted by molar-refractivity contribution is 0.0675. The Morgan fingerprint density at radius 2 is 2.16 bits per heavy atom. The number of rotatable bonds is 1. The summed E-state index contributed by atoms with van der Waals surface area (Å²) < 4.78 is 0. The van der Waals surface area contributed by atoms with E-state index in [1.165, 1.54) is 23.3 Å². The zero-order valence-corrected chi connectivity index (χ0v) is 11.8. The van der Waals surface area contributed by atoms with Gasteiger partial charge in [0.15, 0.2) is 0 Å². The Labute approximate surface area is 117 Å². The van der Waals surface area contributed by atoms with E-state index in [-0.39, 0.29) is 11.9 Å². The van der Waals surface area contributed by atoms with Crippen molar-refractivity contribution >= 4 is 17.2 Å². The second-order valence-electron chi connectivity index (χ2n) is 5.41. The molecule has 3 nitrogen and oxygen atoms in total. The predicted octanol–water partition coefficient (Wildman–Crippen LogP) is 3.15. The molecule has 0 radical (unpaired) electrons. The van der Waals surface area contributed by atoms with Crippen LogP contribution >= 0.6 is 11.3 Å². The third kappa shape index (κ3) is 2.40. The molecule has 1 saturated heterocycles. The molecule has 1 aromatic heterocycles. The lowest BCUT2D eigenvalue weighted by atomic mass is 9.99. The number of aryl methyl sites for hydroxylation is 2. The average molecular weight is 274 g/mol. The number of nitriles is 1. The van der Waals surface area contributed by atoms with Crippen molar-refractivity contribution in [2.24, 2.45) is 0 Å². The van der Waals surface area contributed by atoms with Crippen LogP contribution in [0.25, 0.3) is 0 Å². The number of carbonyl (C=O) groups excluding carboxylic acids is 1. The van der Waals surface area contributed by atoms with Gasteiger partial charge in [-0.05, 0) is 56.6 Å². The molecule has 0 saturated carbocycles. The standard InChI is InChI=1S/C15H18N2OS/c16-10-12-6-3-4-8-17(12)15(18)14-9-11-5-1-2-7-13(11)19-14/h9,12H,1-8H2. The monoisotopic (exact) mass is 274 g/mol. The molecule has 1 amide bonds. The minimum Gasteiger partial charge on any atom is -0.322 e. The van der Waals surface area contributed by atoms with Gasteiger partial charge in [-0.2, -0.15) is 5.26 Å². The van der Waals surface area contributed by atoms with Gasteiger partial charge < -0.3 is 4.90 Å². The molecule has 2 aliphatic rings. The number of thiophene rings is 1. The smallest absolute Gasteiger partial charge is 0.265 e. The van der Waals surface area contributed by atoms with Crippen LogP contribution in [0.5, 0.6) is 0 Å². The van der Waals surface area contributed by atoms with E-state index in [1.54, 1.807) is 16.2 Å². The Morgan fingerprint density at radius 3 is 2.95 bits per heavy atom. The topological polar surface area (TPSA) is 44.1 Å². The highest BCUT2D eigenvalue weighted by molar-refractivity contribution is 7.14. The minimum absolute atomic E-state index is 0.0747. The highest BCUT2D eigenvalue weighted by atomic mass is 32.1. The van der Waals surface area contributed by atoms with Crippen molar-refractivity contribution in [2.75, 3.05) is 6.54 Å². The summed E-state index contributed by atoms with van der Waals surface area (Å²) in [6, 6.07) is 4.13. The number of fused-ring (bicyclic) bond motifs is 1. The first-order valence-electron chi connectivity index (χ1n) is 7.12. The van der Waals surface area contributed by atoms with Crippen LogP contribution in [0.4, 0.5) is 0 Å². The fraction of sp³-hybridized carbons (Fsp3) is 0.600. The molecule has 0 bridgehead atoms. The van der Waals surface area contributed by atoms with Crippen LogP contribution < -0.4 is 0 Å². The maximum atomic E-state index is 12.6. The zero-order valence-electron chi connectivity index (χ0n) is 11.0. The molecular formula is C15H18N2OS. The number of likely N-dealkylation sites (tertiary alicyclic amines) is 1. The van der Waals surface area contributed by atoms with E-state index < -0.39 is 0 Å². The first-order valence-corrected chi connectivity index (χ1v) is 7.93. The molecule has 19 heavy (non-hydrogen) atoms. The van der Waals surface area contributed by atoms with Crippen molar-refractivity contribution in [3.05, 3.63) is 21.4 Å². The van der Waals surface area contributed by atoms with E-state index in [0.717, 1.165) is 43.5 Å². The summed E-state index contributed by atoms with van der Waals surface area (Å²) in [6.45, 7) is 0.736. The normalized spacial score (nSPS) is 22.7. The van der Waals surface area contributed by atoms with Crippen molar-refractivity contribution in [3.63, 3.8) is 0 Å². The molecule has 1 unspecified atom stereocenters. The van der Waals surface area contributed by atoms with Gasteiger partial charge in [0.2, 0.25) is 0 Å². The first-order chi connectivity index (χ1) is 9.29. The molecule has 1 fully saturated rings. The molecule has 3 rings (SSSR count). The van der Waals surface area contributed by atoms with Gasteiger partial charge in [-0.25, -0.2) is 0 Å². The molecule has 0 N–H and O–H groups in total. The van der Waals surface area contributed by atoms with Gasteiger partial charge in [0, 0.05) is 11.4 Å². The van der Waals surface area contributed by atoms with E-state index in [9.17, 15) is 10.1 Å². The van der Waals surface area contributed by atoms with Gasteiger partial charge in [0.1, 0.15) is 6.04 Å². The summed E-state index contributed by atoms with van der Waals surface area (Å²) in [4.78, 5) is 16.6. The van der Waals surface area contributed by atoms with Gasteiger partial charge in [0.25, 0.3) is 5.91 Å². The number of carbonyl (C=O) groups is 1. The first kappa shape index (κ1) is 12.7. The van der Waals surface area contributed by atoms with Gasteiger partial charge in [-0.1, -0.05) is 0 Å². The second-order valence-corrected chi connectivity index (χ2v) is 6.54. The maximum absolute atomic E-state index is 12.6. The van der Waals surface area contributed by atoms with Crippen molar-refractivity contribution in [1.82, 2.24) is 4.90 Å². The molecule has 1 atom stereocenters. The Bertz CT molecular complexity index is 505. The molecule has 4 heteroatoms. The fourth-order valence-electron chi connectivity index (χ4n) is 3.05. The van der Waals surface area contributed by atoms with Crippen LogP contribution in [0.3, 0.4) is 0 Å². The van der Waals surface area contributed by atoms with E-state index in [2.05, 4.69) is 12.1 Å². The van der Waals surface area contributed by atoms with Crippen molar-refractivity contribution in [3.8, 4) is 6.07 Å². The summed E-state index contributed by atoms with van der Waals surface area (Å²) in [7, 11) is 0. The van der Waals surface area contributed by atoms with Crippen LogP contribution in [-0.2, 0) is 12.8 Å². The van der Waals surface area contributed by atoms with Crippen LogP contribution in [0.15, 0.2) is 6.07 Å². The highest BCUT2D eigenvalue weighted by Gasteiger charge is 2.29. The van der Waals surface area contributed by atoms with Crippen molar-refractivity contribution < 1.29 is 4.79 Å². The van der Waals surface area contributed by atoms with Crippen LogP contribution in [0.2, 0.25) is 0 Å². The van der Waals surface area contributed by atoms with E-state index in [4.69, 9.17) is 0 Å². The van der Waals surface area contributed by atoms with E-state index in [0.29, 0.717) is 0 Å². The lowest BCUT2D eigenvalue weighted by Gasteiger charge is -2.30. The molecule has 1 aliphatic heterocycles. The Morgan fingerprint density at radius 1 is 1.32 bits per heavy atom. The molecule has 1 aromatic rings. The Balaban J connectivity index is 1.83. The lowest BCUT2D eigenvalue weighted by Crippen LogP contribution is -2.42. The molecule has 0 aromatic carbocycles. The summed E-state index contributed by atoms with van der Waals surface area (Å²) in [5.41, 5.74) is 1.37. The molecule has 1 aliphatic carbocycles. The predicted molar refractivity (Wildman–Crippen MR) is 75.2 cm³/mol. The molecule has 0 spiro atoms. The summed E-state index contributed by atoms with van der Waals surface area (Å²) in [6.07, 6.45) is 7.62. The molecular weight excluding hydrogens is 256 g/mol. The van der Waals surface area contributed by atoms with Gasteiger partial charge >= 0.3 is 0 Å². The van der Waals surface area contributed by atoms with Crippen LogP contribution in [0, 0.1) is 11.3 Å². The largest absolute Gasteiger partial charge is 0.322 e. The number of amides is 1. The maximum Gasteiger partial charge on any atom is 0.265 e. The Hall–Kier alpha value is -1.34. The zero-order chi connectivity index (χ0) is 13.2. The Kier molecular flexibility index (Phi) is 3.56. The fourth-order valence-corrected chi connectivity index (χ4v) is 4.26. The summed E-state index contributed by atoms with van der Waals surface area (Å²) in [5, 5.41) is 9.18. The number of hydrogen-bond acceptors (Lipinski definition) is 3. The van der Waals surface area contributed by atoms with Gasteiger partial charge in [-0.15, -0.1) is 11.3 Å². The summed E-state index contributed by atoms with van der Waals surface area (Å²) in [5.74, 6) is 0.0747. The van der Waals surface area contributed by atoms with Gasteiger partial charge in [-0.3, -0.25) is 4.79 Å². The SMILES string of the molecule is N#CC1CCCCN1C(=O)c1cc2c(s1)CCCC2. The average Bonchev–Trinajstić information content (AvgIpc) is 2.90. The third-order valence-electron chi connectivity index (χ3n) is 4.12. The number of nitrogens with zero attached hydrogens (tertiary/aromatic N) is 2. The summed E-state index contributed by atoms with van der Waals surface area (Å²) >= 11 is 1.65. The van der Waals surface area contributed by atoms with E-state index in [1.807, 2.05) is 0 Å². The second kappa shape index (κ2) is 5.34. The number of hydrogen-bond donors (Lipinski definition) is 0. The quantitative estimate of drug-likeness (QED) is 0.789. The van der Waals surface area contributed by atoms with Crippen LogP contribution in [-0.4, -0.2) is 23.4 Å². The van der Waals surface area contributed by atoms with Crippen molar-refractivity contribution in [2.45, 2.75) is 51.0 Å². The minimum atomic E-state index is -0.222. The number of piperidine rings is 1.